The number of likely N-dealkylation sites (N-methyl/N-ethyl adjacent to an activating group) is 1. The van der Waals surface area contributed by atoms with E-state index in [1.807, 2.05) is 0 Å². The Balaban J connectivity index is 1.03. The van der Waals surface area contributed by atoms with E-state index >= 15 is 0 Å². The zero-order valence-corrected chi connectivity index (χ0v) is 34.5. The molecule has 6 aliphatic carbocycles. The number of benzene rings is 2. The first-order chi connectivity index (χ1) is 29.7. The number of ketones is 5. The van der Waals surface area contributed by atoms with E-state index in [-0.39, 0.29) is 66.7 Å². The minimum Gasteiger partial charge on any atom is -0.508 e. The van der Waals surface area contributed by atoms with Crippen LogP contribution in [0.3, 0.4) is 0 Å². The highest BCUT2D eigenvalue weighted by Crippen LogP contribution is 2.55. The summed E-state index contributed by atoms with van der Waals surface area (Å²) >= 11 is 0. The lowest BCUT2D eigenvalue weighted by Gasteiger charge is -2.58. The highest BCUT2D eigenvalue weighted by molar-refractivity contribution is 6.22. The molecule has 4 unspecified atom stereocenters. The molecule has 3 saturated carbocycles. The van der Waals surface area contributed by atoms with Crippen LogP contribution in [0.4, 0.5) is 0 Å². The van der Waals surface area contributed by atoms with Crippen molar-refractivity contribution in [3.05, 3.63) is 74.6 Å². The van der Waals surface area contributed by atoms with E-state index in [1.54, 1.807) is 31.1 Å². The Kier molecular flexibility index (Phi) is 10.6. The molecule has 0 spiro atoms. The van der Waals surface area contributed by atoms with Gasteiger partial charge < -0.3 is 51.5 Å². The van der Waals surface area contributed by atoms with Gasteiger partial charge in [-0.3, -0.25) is 28.8 Å². The number of carbonyl (C=O) groups excluding carboxylic acids is 6. The summed E-state index contributed by atoms with van der Waals surface area (Å²) in [6.07, 6.45) is -3.09. The van der Waals surface area contributed by atoms with Gasteiger partial charge in [-0.2, -0.15) is 0 Å². The number of primary amides is 1. The average Bonchev–Trinajstić information content (AvgIpc) is 3.20. The molecule has 10 N–H and O–H groups in total. The number of fused-ring (bicyclic) bond motifs is 6. The van der Waals surface area contributed by atoms with Crippen LogP contribution in [0.2, 0.25) is 0 Å². The molecule has 1 amide bonds. The first-order valence-electron chi connectivity index (χ1n) is 20.7. The van der Waals surface area contributed by atoms with Crippen molar-refractivity contribution >= 4 is 40.6 Å². The Bertz CT molecular complexity index is 2660. The molecule has 63 heavy (non-hydrogen) atoms. The Morgan fingerprint density at radius 3 is 2.00 bits per heavy atom. The number of phenolic OH excluding ortho intramolecular Hbond substituents is 2. The average molecular weight is 863 g/mol. The maximum Gasteiger partial charge on any atom is 0.255 e. The maximum absolute atomic E-state index is 14.1. The lowest BCUT2D eigenvalue weighted by atomic mass is 9.51. The first kappa shape index (κ1) is 43.5. The van der Waals surface area contributed by atoms with Crippen LogP contribution in [0.5, 0.6) is 11.5 Å². The van der Waals surface area contributed by atoms with Crippen LogP contribution in [-0.4, -0.2) is 124 Å². The number of unbranched alkanes of at least 4 members (excludes halogenated alkanes) is 1. The van der Waals surface area contributed by atoms with E-state index in [0.717, 1.165) is 6.92 Å². The Morgan fingerprint density at radius 2 is 1.43 bits per heavy atom. The summed E-state index contributed by atoms with van der Waals surface area (Å²) in [6.45, 7) is 1.13. The highest BCUT2D eigenvalue weighted by atomic mass is 16.4. The molecule has 16 heteroatoms. The molecule has 11 atom stereocenters. The number of amides is 1. The Labute approximate surface area is 360 Å². The predicted molar refractivity (Wildman–Crippen MR) is 219 cm³/mol. The molecule has 16 nitrogen and oxygen atoms in total. The minimum atomic E-state index is -2.68. The van der Waals surface area contributed by atoms with Crippen LogP contribution in [0.1, 0.15) is 77.2 Å². The van der Waals surface area contributed by atoms with Crippen molar-refractivity contribution in [2.45, 2.75) is 81.3 Å². The molecule has 3 fully saturated rings. The molecule has 328 valence electrons. The third-order valence-electron chi connectivity index (χ3n) is 14.3. The van der Waals surface area contributed by atoms with Gasteiger partial charge in [-0.05, 0) is 93.9 Å². The number of hydrogen-bond acceptors (Lipinski definition) is 15. The summed E-state index contributed by atoms with van der Waals surface area (Å²) in [4.78, 5) is 80.4. The predicted octanol–water partition coefficient (Wildman–Crippen LogP) is 0.475. The molecular weight excluding hydrogens is 817 g/mol. The van der Waals surface area contributed by atoms with Gasteiger partial charge in [-0.15, -0.1) is 0 Å². The van der Waals surface area contributed by atoms with Crippen LogP contribution in [0.15, 0.2) is 41.2 Å². The van der Waals surface area contributed by atoms with Gasteiger partial charge >= 0.3 is 0 Å². The van der Waals surface area contributed by atoms with Crippen molar-refractivity contribution in [3.63, 3.8) is 0 Å². The number of carbonyl (C=O) groups is 6. The number of aromatic hydroxyl groups is 2. The number of aliphatic hydroxyl groups is 6. The molecule has 2 aromatic rings. The number of phenols is 2. The summed E-state index contributed by atoms with van der Waals surface area (Å²) in [6, 6.07) is 4.80. The van der Waals surface area contributed by atoms with Gasteiger partial charge in [0.05, 0.1) is 23.1 Å². The standard InChI is InChI=1S/C47H46N2O14/c1-19(50)31-40(56)37(49(2)3)27-17-23-16-26-21(11-13-29(52)35(26)39(55)33(23)43(59)47(27,63)41(31)57)9-7-5-4-6-8-20-10-12-28(51)34-25(20)15-22-14-24-18-30(53)36(45(48)61)44(60)46(24,62)42(58)32(22)38(34)54/h10-13,22-24,27,31,33,37,40,43,51-52,54,56,59-60,62-63H,4-5,14-18H2,1-3H3,(H2,48,61)/t22-,23+,24+,27+,31?,33?,37+,40?,43?,46+,47-/m1/s1. The summed E-state index contributed by atoms with van der Waals surface area (Å²) < 4.78 is 0. The first-order valence-corrected chi connectivity index (χ1v) is 20.7. The number of rotatable bonds is 4. The van der Waals surface area contributed by atoms with E-state index in [0.29, 0.717) is 22.3 Å². The zero-order valence-electron chi connectivity index (χ0n) is 34.5. The molecule has 2 aromatic carbocycles. The number of Topliss-reactive ketones (excluding diaryl/α,β-unsaturated/α-hetero) is 5. The largest absolute Gasteiger partial charge is 0.508 e. The van der Waals surface area contributed by atoms with Crippen molar-refractivity contribution in [2.75, 3.05) is 14.1 Å². The SMILES string of the molecule is CC(=O)C1C(=O)[C@@]2(O)C(O)C3C(=O)c4c(O)ccc(C#CCCC#Cc5ccc(O)c6c5C[C@H]5C[C@H]7CC(=O)C(C(N)=O)=C(O)[C@@]7(O)C(=O)C5=C6O)c4C[C@H]3C[C@H]2[C@H](N(C)C)C1O. The smallest absolute Gasteiger partial charge is 0.255 e. The van der Waals surface area contributed by atoms with Gasteiger partial charge in [-0.25, -0.2) is 0 Å². The lowest BCUT2D eigenvalue weighted by Crippen LogP contribution is -2.75. The molecule has 8 rings (SSSR count). The molecule has 6 aliphatic rings. The summed E-state index contributed by atoms with van der Waals surface area (Å²) in [5, 5.41) is 90.3. The fourth-order valence-electron chi connectivity index (χ4n) is 11.5. The van der Waals surface area contributed by atoms with Gasteiger partial charge in [0.2, 0.25) is 5.78 Å². The van der Waals surface area contributed by atoms with E-state index in [1.165, 1.54) is 12.1 Å². The van der Waals surface area contributed by atoms with Crippen LogP contribution in [-0.2, 0) is 36.8 Å². The van der Waals surface area contributed by atoms with Crippen LogP contribution < -0.4 is 5.73 Å². The number of nitrogens with zero attached hydrogens (tertiary/aromatic N) is 1. The molecule has 0 radical (unpaired) electrons. The number of nitrogens with two attached hydrogens (primary N) is 1. The van der Waals surface area contributed by atoms with Gasteiger partial charge in [0.15, 0.2) is 28.6 Å². The Hall–Kier alpha value is -6.14. The van der Waals surface area contributed by atoms with E-state index in [9.17, 15) is 69.6 Å². The van der Waals surface area contributed by atoms with E-state index in [4.69, 9.17) is 5.73 Å². The Morgan fingerprint density at radius 1 is 0.841 bits per heavy atom. The molecule has 0 aromatic heterocycles. The van der Waals surface area contributed by atoms with Crippen LogP contribution in [0, 0.1) is 59.2 Å². The van der Waals surface area contributed by atoms with Gasteiger partial charge in [0.25, 0.3) is 5.91 Å². The third kappa shape index (κ3) is 6.26. The summed E-state index contributed by atoms with van der Waals surface area (Å²) in [7, 11) is 3.26. The second kappa shape index (κ2) is 15.3. The normalized spacial score (nSPS) is 33.1. The van der Waals surface area contributed by atoms with Gasteiger partial charge in [-0.1, -0.05) is 23.7 Å². The quantitative estimate of drug-likeness (QED) is 0.0875. The lowest BCUT2D eigenvalue weighted by molar-refractivity contribution is -0.217. The maximum atomic E-state index is 14.1. The van der Waals surface area contributed by atoms with Gasteiger partial charge in [0.1, 0.15) is 46.4 Å². The molecule has 0 heterocycles. The second-order valence-corrected chi connectivity index (χ2v) is 17.8. The van der Waals surface area contributed by atoms with E-state index in [2.05, 4.69) is 23.7 Å². The number of hydrogen-bond donors (Lipinski definition) is 9. The molecule has 0 saturated heterocycles. The third-order valence-corrected chi connectivity index (χ3v) is 14.3. The second-order valence-electron chi connectivity index (χ2n) is 17.8. The fraction of sp³-hybridized carbons (Fsp3) is 0.447. The molecular formula is C47H46N2O14. The topological polar surface area (TPSA) is 294 Å². The summed E-state index contributed by atoms with van der Waals surface area (Å²) in [5.74, 6) is -2.32. The highest BCUT2D eigenvalue weighted by Gasteiger charge is 2.69. The van der Waals surface area contributed by atoms with Crippen molar-refractivity contribution < 1.29 is 69.6 Å². The fourth-order valence-corrected chi connectivity index (χ4v) is 11.5. The van der Waals surface area contributed by atoms with Crippen LogP contribution in [0.25, 0.3) is 5.76 Å². The van der Waals surface area contributed by atoms with Crippen molar-refractivity contribution in [3.8, 4) is 35.2 Å². The van der Waals surface area contributed by atoms with Crippen molar-refractivity contribution in [1.29, 1.82) is 0 Å². The van der Waals surface area contributed by atoms with E-state index < -0.39 is 123 Å². The number of aliphatic hydroxyl groups excluding tert-OH is 4. The molecule has 0 bridgehead atoms. The monoisotopic (exact) mass is 862 g/mol. The molecule has 0 aliphatic heterocycles. The van der Waals surface area contributed by atoms with Crippen molar-refractivity contribution in [2.24, 2.45) is 41.2 Å². The zero-order chi connectivity index (χ0) is 45.8. The van der Waals surface area contributed by atoms with Gasteiger partial charge in [0, 0.05) is 53.8 Å². The van der Waals surface area contributed by atoms with Crippen molar-refractivity contribution in [1.82, 2.24) is 4.90 Å². The van der Waals surface area contributed by atoms with Crippen LogP contribution >= 0.6 is 0 Å². The minimum absolute atomic E-state index is 0.0285. The summed E-state index contributed by atoms with van der Waals surface area (Å²) in [5.41, 5.74) is 0.495.